The molecule has 0 saturated carbocycles. The van der Waals surface area contributed by atoms with Gasteiger partial charge in [-0.25, -0.2) is 4.79 Å². The van der Waals surface area contributed by atoms with E-state index in [9.17, 15) is 4.79 Å². The molecule has 0 atom stereocenters. The second kappa shape index (κ2) is 7.01. The number of carbonyl (C=O) groups excluding carboxylic acids is 1. The first-order valence-electron chi connectivity index (χ1n) is 6.15. The van der Waals surface area contributed by atoms with Gasteiger partial charge < -0.3 is 4.74 Å². The van der Waals surface area contributed by atoms with Crippen LogP contribution in [0.2, 0.25) is 0 Å². The molecule has 0 spiro atoms. The van der Waals surface area contributed by atoms with Crippen LogP contribution in [0.25, 0.3) is 0 Å². The first-order valence-corrected chi connectivity index (χ1v) is 6.94. The molecule has 0 saturated heterocycles. The van der Waals surface area contributed by atoms with Gasteiger partial charge in [0.15, 0.2) is 0 Å². The maximum Gasteiger partial charge on any atom is 0.340 e. The van der Waals surface area contributed by atoms with E-state index >= 15 is 0 Å². The highest BCUT2D eigenvalue weighted by Gasteiger charge is 2.10. The molecule has 2 rings (SSSR count). The molecule has 0 aliphatic heterocycles. The van der Waals surface area contributed by atoms with E-state index in [0.29, 0.717) is 17.7 Å². The molecule has 4 heteroatoms. The molecule has 0 heterocycles. The number of rotatable bonds is 4. The normalized spacial score (nSPS) is 10.7. The molecule has 3 nitrogen and oxygen atoms in total. The number of nitrogens with zero attached hydrogens (tertiary/aromatic N) is 1. The van der Waals surface area contributed by atoms with Crippen LogP contribution >= 0.6 is 15.9 Å². The van der Waals surface area contributed by atoms with Crippen molar-refractivity contribution in [3.05, 3.63) is 64.1 Å². The summed E-state index contributed by atoms with van der Waals surface area (Å²) in [5, 5.41) is 0. The average molecular weight is 332 g/mol. The molecule has 0 bridgehead atoms. The number of methoxy groups -OCH3 is 1. The molecule has 2 aromatic carbocycles. The molecular weight excluding hydrogens is 318 g/mol. The van der Waals surface area contributed by atoms with Crippen molar-refractivity contribution in [2.45, 2.75) is 6.42 Å². The van der Waals surface area contributed by atoms with E-state index in [1.807, 2.05) is 30.3 Å². The van der Waals surface area contributed by atoms with Crippen LogP contribution in [-0.4, -0.2) is 19.3 Å². The summed E-state index contributed by atoms with van der Waals surface area (Å²) in [5.41, 5.74) is 2.23. The number of hydrogen-bond donors (Lipinski definition) is 0. The van der Waals surface area contributed by atoms with Crippen molar-refractivity contribution in [1.29, 1.82) is 0 Å². The molecular formula is C16H14BrNO2. The Morgan fingerprint density at radius 2 is 2.00 bits per heavy atom. The monoisotopic (exact) mass is 331 g/mol. The number of ether oxygens (including phenoxy) is 1. The highest BCUT2D eigenvalue weighted by molar-refractivity contribution is 9.10. The fraction of sp³-hybridized carbons (Fsp3) is 0.125. The largest absolute Gasteiger partial charge is 0.465 e. The molecule has 0 N–H and O–H groups in total. The van der Waals surface area contributed by atoms with Crippen LogP contribution in [-0.2, 0) is 11.2 Å². The summed E-state index contributed by atoms with van der Waals surface area (Å²) in [5.74, 6) is -0.385. The summed E-state index contributed by atoms with van der Waals surface area (Å²) in [6, 6.07) is 15.3. The smallest absolute Gasteiger partial charge is 0.340 e. The molecule has 0 radical (unpaired) electrons. The van der Waals surface area contributed by atoms with Crippen LogP contribution in [0.1, 0.15) is 15.9 Å². The quantitative estimate of drug-likeness (QED) is 0.622. The number of benzene rings is 2. The number of aliphatic imine (C=N–C) groups is 1. The van der Waals surface area contributed by atoms with Gasteiger partial charge in [0, 0.05) is 17.1 Å². The number of carbonyl (C=O) groups is 1. The summed E-state index contributed by atoms with van der Waals surface area (Å²) in [4.78, 5) is 16.0. The number of esters is 1. The van der Waals surface area contributed by atoms with Gasteiger partial charge in [-0.15, -0.1) is 0 Å². The van der Waals surface area contributed by atoms with Gasteiger partial charge in [-0.3, -0.25) is 4.99 Å². The summed E-state index contributed by atoms with van der Waals surface area (Å²) in [6.45, 7) is 0. The lowest BCUT2D eigenvalue weighted by Crippen LogP contribution is -2.01. The lowest BCUT2D eigenvalue weighted by Gasteiger charge is -2.04. The van der Waals surface area contributed by atoms with Crippen molar-refractivity contribution < 1.29 is 9.53 Å². The Labute approximate surface area is 126 Å². The van der Waals surface area contributed by atoms with Crippen LogP contribution in [0.3, 0.4) is 0 Å². The molecule has 0 amide bonds. The van der Waals surface area contributed by atoms with Crippen molar-refractivity contribution in [2.75, 3.05) is 7.11 Å². The van der Waals surface area contributed by atoms with Crippen molar-refractivity contribution in [2.24, 2.45) is 4.99 Å². The third-order valence-electron chi connectivity index (χ3n) is 2.77. The highest BCUT2D eigenvalue weighted by atomic mass is 79.9. The topological polar surface area (TPSA) is 38.7 Å². The van der Waals surface area contributed by atoms with Gasteiger partial charge in [0.05, 0.1) is 18.4 Å². The number of halogens is 1. The molecule has 2 aromatic rings. The van der Waals surface area contributed by atoms with Gasteiger partial charge in [-0.05, 0) is 23.8 Å². The first kappa shape index (κ1) is 14.5. The minimum Gasteiger partial charge on any atom is -0.465 e. The zero-order valence-electron chi connectivity index (χ0n) is 11.0. The summed E-state index contributed by atoms with van der Waals surface area (Å²) < 4.78 is 5.63. The van der Waals surface area contributed by atoms with Gasteiger partial charge in [0.1, 0.15) is 0 Å². The van der Waals surface area contributed by atoms with Crippen molar-refractivity contribution >= 4 is 33.8 Å². The Morgan fingerprint density at radius 3 is 2.70 bits per heavy atom. The predicted molar refractivity (Wildman–Crippen MR) is 83.8 cm³/mol. The SMILES string of the molecule is COC(=O)c1ccc(Br)cc1N=CCc1ccccc1. The summed E-state index contributed by atoms with van der Waals surface area (Å²) >= 11 is 3.38. The molecule has 0 aromatic heterocycles. The molecule has 20 heavy (non-hydrogen) atoms. The van der Waals surface area contributed by atoms with Crippen molar-refractivity contribution in [3.8, 4) is 0 Å². The summed E-state index contributed by atoms with van der Waals surface area (Å²) in [6.07, 6.45) is 2.51. The van der Waals surface area contributed by atoms with Gasteiger partial charge in [-0.1, -0.05) is 46.3 Å². The van der Waals surface area contributed by atoms with Crippen LogP contribution in [0, 0.1) is 0 Å². The molecule has 0 unspecified atom stereocenters. The standard InChI is InChI=1S/C16H14BrNO2/c1-20-16(19)14-8-7-13(17)11-15(14)18-10-9-12-5-3-2-4-6-12/h2-8,10-11H,9H2,1H3. The maximum atomic E-state index is 11.7. The van der Waals surface area contributed by atoms with Gasteiger partial charge >= 0.3 is 5.97 Å². The minimum absolute atomic E-state index is 0.385. The molecule has 0 aliphatic rings. The van der Waals surface area contributed by atoms with Gasteiger partial charge in [0.25, 0.3) is 0 Å². The Morgan fingerprint density at radius 1 is 1.25 bits per heavy atom. The lowest BCUT2D eigenvalue weighted by atomic mass is 10.1. The van der Waals surface area contributed by atoms with Gasteiger partial charge in [-0.2, -0.15) is 0 Å². The van der Waals surface area contributed by atoms with Crippen LogP contribution in [0.4, 0.5) is 5.69 Å². The number of hydrogen-bond acceptors (Lipinski definition) is 3. The highest BCUT2D eigenvalue weighted by Crippen LogP contribution is 2.24. The molecule has 102 valence electrons. The van der Waals surface area contributed by atoms with Crippen molar-refractivity contribution in [3.63, 3.8) is 0 Å². The zero-order chi connectivity index (χ0) is 14.4. The van der Waals surface area contributed by atoms with E-state index in [4.69, 9.17) is 4.74 Å². The summed E-state index contributed by atoms with van der Waals surface area (Å²) in [7, 11) is 1.36. The third kappa shape index (κ3) is 3.78. The average Bonchev–Trinajstić information content (AvgIpc) is 2.48. The first-order chi connectivity index (χ1) is 9.70. The van der Waals surface area contributed by atoms with Crippen molar-refractivity contribution in [1.82, 2.24) is 0 Å². The van der Waals surface area contributed by atoms with E-state index in [2.05, 4.69) is 20.9 Å². The van der Waals surface area contributed by atoms with E-state index in [-0.39, 0.29) is 5.97 Å². The Kier molecular flexibility index (Phi) is 5.07. The van der Waals surface area contributed by atoms with Crippen LogP contribution in [0.5, 0.6) is 0 Å². The Bertz CT molecular complexity index is 624. The van der Waals surface area contributed by atoms with E-state index < -0.39 is 0 Å². The fourth-order valence-electron chi connectivity index (χ4n) is 1.76. The fourth-order valence-corrected chi connectivity index (χ4v) is 2.11. The van der Waals surface area contributed by atoms with Crippen LogP contribution in [0.15, 0.2) is 58.0 Å². The third-order valence-corrected chi connectivity index (χ3v) is 3.26. The van der Waals surface area contributed by atoms with Crippen LogP contribution < -0.4 is 0 Å². The van der Waals surface area contributed by atoms with E-state index in [1.165, 1.54) is 12.7 Å². The zero-order valence-corrected chi connectivity index (χ0v) is 12.6. The van der Waals surface area contributed by atoms with E-state index in [0.717, 1.165) is 4.47 Å². The Balaban J connectivity index is 2.19. The maximum absolute atomic E-state index is 11.7. The minimum atomic E-state index is -0.385. The predicted octanol–water partition coefficient (Wildman–Crippen LogP) is 4.18. The lowest BCUT2D eigenvalue weighted by molar-refractivity contribution is 0.0601. The second-order valence-electron chi connectivity index (χ2n) is 4.15. The van der Waals surface area contributed by atoms with E-state index in [1.54, 1.807) is 24.4 Å². The molecule has 0 aliphatic carbocycles. The Hall–Kier alpha value is -1.94. The van der Waals surface area contributed by atoms with Gasteiger partial charge in [0.2, 0.25) is 0 Å². The molecule has 0 fully saturated rings. The second-order valence-corrected chi connectivity index (χ2v) is 5.07.